The first-order valence-corrected chi connectivity index (χ1v) is 9.06. The minimum atomic E-state index is -0.160. The van der Waals surface area contributed by atoms with E-state index >= 15 is 0 Å². The van der Waals surface area contributed by atoms with Gasteiger partial charge in [-0.3, -0.25) is 4.79 Å². The summed E-state index contributed by atoms with van der Waals surface area (Å²) in [6.45, 7) is 4.28. The summed E-state index contributed by atoms with van der Waals surface area (Å²) < 4.78 is 0. The predicted octanol–water partition coefficient (Wildman–Crippen LogP) is 4.12. The molecule has 132 valence electrons. The SMILES string of the molecule is CC1CCN(c2cc(NC(=O)c3ccc4ccccc4c3)ncn2)CC1. The molecule has 1 N–H and O–H groups in total. The Morgan fingerprint density at radius 2 is 1.81 bits per heavy atom. The lowest BCUT2D eigenvalue weighted by Crippen LogP contribution is -2.33. The monoisotopic (exact) mass is 346 g/mol. The van der Waals surface area contributed by atoms with E-state index in [4.69, 9.17) is 0 Å². The molecular weight excluding hydrogens is 324 g/mol. The minimum Gasteiger partial charge on any atom is -0.356 e. The van der Waals surface area contributed by atoms with Crippen LogP contribution in [-0.4, -0.2) is 29.0 Å². The largest absolute Gasteiger partial charge is 0.356 e. The smallest absolute Gasteiger partial charge is 0.256 e. The summed E-state index contributed by atoms with van der Waals surface area (Å²) in [6, 6.07) is 15.6. The van der Waals surface area contributed by atoms with Crippen molar-refractivity contribution in [2.75, 3.05) is 23.3 Å². The summed E-state index contributed by atoms with van der Waals surface area (Å²) in [5.74, 6) is 2.01. The molecule has 5 heteroatoms. The molecule has 5 nitrogen and oxygen atoms in total. The van der Waals surface area contributed by atoms with E-state index in [-0.39, 0.29) is 5.91 Å². The van der Waals surface area contributed by atoms with Gasteiger partial charge in [0.25, 0.3) is 5.91 Å². The van der Waals surface area contributed by atoms with Crippen molar-refractivity contribution in [1.29, 1.82) is 0 Å². The third-order valence-corrected chi connectivity index (χ3v) is 5.01. The van der Waals surface area contributed by atoms with Gasteiger partial charge in [0.05, 0.1) is 0 Å². The summed E-state index contributed by atoms with van der Waals surface area (Å²) in [5, 5.41) is 5.06. The molecule has 0 atom stereocenters. The van der Waals surface area contributed by atoms with Gasteiger partial charge in [0.1, 0.15) is 18.0 Å². The Kier molecular flexibility index (Phi) is 4.52. The van der Waals surface area contributed by atoms with Gasteiger partial charge in [-0.15, -0.1) is 0 Å². The van der Waals surface area contributed by atoms with Crippen LogP contribution in [0.25, 0.3) is 10.8 Å². The van der Waals surface area contributed by atoms with Crippen molar-refractivity contribution in [3.05, 3.63) is 60.4 Å². The van der Waals surface area contributed by atoms with Crippen LogP contribution in [0.15, 0.2) is 54.9 Å². The van der Waals surface area contributed by atoms with Crippen LogP contribution in [-0.2, 0) is 0 Å². The van der Waals surface area contributed by atoms with Crippen LogP contribution >= 0.6 is 0 Å². The molecule has 1 amide bonds. The summed E-state index contributed by atoms with van der Waals surface area (Å²) >= 11 is 0. The standard InChI is InChI=1S/C21H22N4O/c1-15-8-10-25(11-9-15)20-13-19(22-14-23-20)24-21(26)18-7-6-16-4-2-3-5-17(16)12-18/h2-7,12-15H,8-11H2,1H3,(H,22,23,24,26). The second kappa shape index (κ2) is 7.12. The quantitative estimate of drug-likeness (QED) is 0.775. The number of hydrogen-bond acceptors (Lipinski definition) is 4. The van der Waals surface area contributed by atoms with Crippen LogP contribution in [0.2, 0.25) is 0 Å². The molecule has 3 aromatic rings. The number of nitrogens with zero attached hydrogens (tertiary/aromatic N) is 3. The molecule has 1 fully saturated rings. The zero-order valence-corrected chi connectivity index (χ0v) is 14.9. The van der Waals surface area contributed by atoms with Crippen LogP contribution in [0.4, 0.5) is 11.6 Å². The number of anilines is 2. The lowest BCUT2D eigenvalue weighted by atomic mass is 9.99. The van der Waals surface area contributed by atoms with Gasteiger partial charge in [0.15, 0.2) is 0 Å². The normalized spacial score (nSPS) is 15.2. The van der Waals surface area contributed by atoms with E-state index in [1.807, 2.05) is 48.5 Å². The number of carbonyl (C=O) groups is 1. The Hall–Kier alpha value is -2.95. The lowest BCUT2D eigenvalue weighted by molar-refractivity contribution is 0.102. The molecule has 0 spiro atoms. The van der Waals surface area contributed by atoms with Crippen molar-refractivity contribution in [2.24, 2.45) is 5.92 Å². The van der Waals surface area contributed by atoms with Gasteiger partial charge < -0.3 is 10.2 Å². The topological polar surface area (TPSA) is 58.1 Å². The second-order valence-electron chi connectivity index (χ2n) is 6.95. The number of hydrogen-bond donors (Lipinski definition) is 1. The fraction of sp³-hybridized carbons (Fsp3) is 0.286. The molecule has 0 saturated carbocycles. The maximum absolute atomic E-state index is 12.6. The van der Waals surface area contributed by atoms with Crippen molar-refractivity contribution in [2.45, 2.75) is 19.8 Å². The van der Waals surface area contributed by atoms with Gasteiger partial charge >= 0.3 is 0 Å². The predicted molar refractivity (Wildman–Crippen MR) is 105 cm³/mol. The van der Waals surface area contributed by atoms with E-state index < -0.39 is 0 Å². The average molecular weight is 346 g/mol. The van der Waals surface area contributed by atoms with Gasteiger partial charge in [-0.1, -0.05) is 37.3 Å². The molecule has 0 unspecified atom stereocenters. The maximum atomic E-state index is 12.6. The van der Waals surface area contributed by atoms with E-state index in [1.54, 1.807) is 0 Å². The Bertz CT molecular complexity index is 932. The maximum Gasteiger partial charge on any atom is 0.256 e. The summed E-state index contributed by atoms with van der Waals surface area (Å²) in [4.78, 5) is 23.4. The molecule has 2 aromatic carbocycles. The number of nitrogens with one attached hydrogen (secondary N) is 1. The van der Waals surface area contributed by atoms with Crippen LogP contribution in [0.3, 0.4) is 0 Å². The molecule has 1 aliphatic rings. The summed E-state index contributed by atoms with van der Waals surface area (Å²) in [5.41, 5.74) is 0.621. The van der Waals surface area contributed by atoms with Crippen LogP contribution in [0.1, 0.15) is 30.1 Å². The van der Waals surface area contributed by atoms with E-state index in [0.29, 0.717) is 11.4 Å². The third kappa shape index (κ3) is 3.52. The fourth-order valence-electron chi connectivity index (χ4n) is 3.35. The first kappa shape index (κ1) is 16.5. The summed E-state index contributed by atoms with van der Waals surface area (Å²) in [6.07, 6.45) is 3.86. The molecular formula is C21H22N4O. The van der Waals surface area contributed by atoms with Gasteiger partial charge in [-0.05, 0) is 41.7 Å². The van der Waals surface area contributed by atoms with Crippen molar-refractivity contribution in [1.82, 2.24) is 9.97 Å². The highest BCUT2D eigenvalue weighted by atomic mass is 16.1. The highest BCUT2D eigenvalue weighted by Crippen LogP contribution is 2.23. The Balaban J connectivity index is 1.51. The number of benzene rings is 2. The lowest BCUT2D eigenvalue weighted by Gasteiger charge is -2.31. The van der Waals surface area contributed by atoms with Crippen LogP contribution in [0, 0.1) is 5.92 Å². The molecule has 0 aliphatic carbocycles. The Morgan fingerprint density at radius 1 is 1.04 bits per heavy atom. The number of aromatic nitrogens is 2. The first-order valence-electron chi connectivity index (χ1n) is 9.06. The minimum absolute atomic E-state index is 0.160. The van der Waals surface area contributed by atoms with E-state index in [1.165, 1.54) is 19.2 Å². The Labute approximate surface area is 153 Å². The second-order valence-corrected chi connectivity index (χ2v) is 6.95. The Morgan fingerprint density at radius 3 is 2.62 bits per heavy atom. The highest BCUT2D eigenvalue weighted by molar-refractivity contribution is 6.06. The van der Waals surface area contributed by atoms with Crippen LogP contribution < -0.4 is 10.2 Å². The number of carbonyl (C=O) groups excluding carboxylic acids is 1. The fourth-order valence-corrected chi connectivity index (χ4v) is 3.35. The number of rotatable bonds is 3. The average Bonchev–Trinajstić information content (AvgIpc) is 2.68. The highest BCUT2D eigenvalue weighted by Gasteiger charge is 2.17. The molecule has 1 aromatic heterocycles. The van der Waals surface area contributed by atoms with Crippen molar-refractivity contribution in [3.8, 4) is 0 Å². The van der Waals surface area contributed by atoms with Gasteiger partial charge in [-0.2, -0.15) is 0 Å². The van der Waals surface area contributed by atoms with Crippen molar-refractivity contribution >= 4 is 28.3 Å². The van der Waals surface area contributed by atoms with Gasteiger partial charge in [0.2, 0.25) is 0 Å². The molecule has 26 heavy (non-hydrogen) atoms. The number of fused-ring (bicyclic) bond motifs is 1. The van der Waals surface area contributed by atoms with E-state index in [9.17, 15) is 4.79 Å². The molecule has 1 saturated heterocycles. The number of piperidine rings is 1. The zero-order chi connectivity index (χ0) is 17.9. The molecule has 1 aliphatic heterocycles. The van der Waals surface area contributed by atoms with E-state index in [0.717, 1.165) is 35.6 Å². The van der Waals surface area contributed by atoms with Crippen molar-refractivity contribution in [3.63, 3.8) is 0 Å². The van der Waals surface area contributed by atoms with Crippen molar-refractivity contribution < 1.29 is 4.79 Å². The van der Waals surface area contributed by atoms with E-state index in [2.05, 4.69) is 27.1 Å². The zero-order valence-electron chi connectivity index (χ0n) is 14.9. The van der Waals surface area contributed by atoms with Crippen LogP contribution in [0.5, 0.6) is 0 Å². The van der Waals surface area contributed by atoms with Gasteiger partial charge in [0, 0.05) is 24.7 Å². The summed E-state index contributed by atoms with van der Waals surface area (Å²) in [7, 11) is 0. The number of amides is 1. The molecule has 0 bridgehead atoms. The molecule has 0 radical (unpaired) electrons. The van der Waals surface area contributed by atoms with Gasteiger partial charge in [-0.25, -0.2) is 9.97 Å². The third-order valence-electron chi connectivity index (χ3n) is 5.01. The molecule has 4 rings (SSSR count). The first-order chi connectivity index (χ1) is 12.7. The molecule has 2 heterocycles.